The summed E-state index contributed by atoms with van der Waals surface area (Å²) in [7, 11) is -3.68. The van der Waals surface area contributed by atoms with Gasteiger partial charge >= 0.3 is 0 Å². The average molecular weight is 427 g/mol. The van der Waals surface area contributed by atoms with Crippen LogP contribution in [0.4, 0.5) is 0 Å². The average Bonchev–Trinajstić information content (AvgIpc) is 3.19. The van der Waals surface area contributed by atoms with Crippen LogP contribution < -0.4 is 5.32 Å². The molecule has 0 saturated carbocycles. The molecule has 3 rings (SSSR count). The smallest absolute Gasteiger partial charge is 0.251 e. The summed E-state index contributed by atoms with van der Waals surface area (Å²) in [5, 5.41) is 3.59. The highest BCUT2D eigenvalue weighted by Crippen LogP contribution is 2.28. The molecule has 0 radical (unpaired) electrons. The molecule has 1 aliphatic heterocycles. The molecule has 0 atom stereocenters. The van der Waals surface area contributed by atoms with Gasteiger partial charge in [0.2, 0.25) is 10.0 Å². The molecule has 1 aliphatic rings. The van der Waals surface area contributed by atoms with Crippen molar-refractivity contribution in [3.8, 4) is 0 Å². The van der Waals surface area contributed by atoms with E-state index in [0.29, 0.717) is 31.1 Å². The summed E-state index contributed by atoms with van der Waals surface area (Å²) in [6.07, 6.45) is 2.32. The van der Waals surface area contributed by atoms with E-state index < -0.39 is 10.0 Å². The molecule has 0 aliphatic carbocycles. The maximum atomic E-state index is 12.8. The van der Waals surface area contributed by atoms with E-state index in [4.69, 9.17) is 23.2 Å². The Labute approximate surface area is 169 Å². The van der Waals surface area contributed by atoms with E-state index in [-0.39, 0.29) is 21.4 Å². The number of hydrogen-bond acceptors (Lipinski definition) is 3. The largest absolute Gasteiger partial charge is 0.352 e. The van der Waals surface area contributed by atoms with Gasteiger partial charge < -0.3 is 5.32 Å². The number of nitrogens with zero attached hydrogens (tertiary/aromatic N) is 1. The van der Waals surface area contributed by atoms with Crippen LogP contribution in [0.1, 0.15) is 28.8 Å². The third kappa shape index (κ3) is 4.82. The van der Waals surface area contributed by atoms with Gasteiger partial charge in [-0.15, -0.1) is 0 Å². The van der Waals surface area contributed by atoms with Crippen LogP contribution in [-0.2, 0) is 16.4 Å². The number of hydrogen-bond donors (Lipinski definition) is 1. The molecule has 0 aromatic heterocycles. The summed E-state index contributed by atoms with van der Waals surface area (Å²) in [5.74, 6) is -0.335. The maximum absolute atomic E-state index is 12.8. The molecule has 1 fully saturated rings. The van der Waals surface area contributed by atoms with E-state index in [1.807, 2.05) is 12.1 Å². The van der Waals surface area contributed by atoms with Gasteiger partial charge in [-0.3, -0.25) is 4.79 Å². The lowest BCUT2D eigenvalue weighted by Gasteiger charge is -2.17. The van der Waals surface area contributed by atoms with Crippen LogP contribution in [0.2, 0.25) is 10.0 Å². The number of carbonyl (C=O) groups excluding carboxylic acids is 1. The van der Waals surface area contributed by atoms with Gasteiger partial charge in [0.15, 0.2) is 0 Å². The molecule has 2 aromatic carbocycles. The van der Waals surface area contributed by atoms with Gasteiger partial charge in [-0.1, -0.05) is 35.3 Å². The normalized spacial score (nSPS) is 15.0. The molecule has 0 unspecified atom stereocenters. The first-order valence-corrected chi connectivity index (χ1v) is 10.9. The summed E-state index contributed by atoms with van der Waals surface area (Å²) in [6, 6.07) is 11.7. The molecule has 1 heterocycles. The quantitative estimate of drug-likeness (QED) is 0.764. The number of rotatable bonds is 6. The van der Waals surface area contributed by atoms with Crippen LogP contribution in [-0.4, -0.2) is 38.3 Å². The van der Waals surface area contributed by atoms with Crippen LogP contribution in [0.5, 0.6) is 0 Å². The van der Waals surface area contributed by atoms with Crippen LogP contribution >= 0.6 is 23.2 Å². The maximum Gasteiger partial charge on any atom is 0.251 e. The minimum absolute atomic E-state index is 0.0172. The Hall–Kier alpha value is -1.60. The first-order chi connectivity index (χ1) is 12.9. The second-order valence-corrected chi connectivity index (χ2v) is 9.14. The van der Waals surface area contributed by atoms with Crippen molar-refractivity contribution in [1.82, 2.24) is 9.62 Å². The minimum Gasteiger partial charge on any atom is -0.352 e. The Morgan fingerprint density at radius 2 is 1.70 bits per heavy atom. The highest BCUT2D eigenvalue weighted by atomic mass is 35.5. The van der Waals surface area contributed by atoms with Gasteiger partial charge in [0.05, 0.1) is 5.02 Å². The van der Waals surface area contributed by atoms with Crippen molar-refractivity contribution in [2.75, 3.05) is 19.6 Å². The summed E-state index contributed by atoms with van der Waals surface area (Å²) >= 11 is 12.0. The van der Waals surface area contributed by atoms with Crippen molar-refractivity contribution in [3.63, 3.8) is 0 Å². The first-order valence-electron chi connectivity index (χ1n) is 8.70. The van der Waals surface area contributed by atoms with Crippen molar-refractivity contribution in [2.24, 2.45) is 0 Å². The predicted molar refractivity (Wildman–Crippen MR) is 107 cm³/mol. The molecule has 8 heteroatoms. The molecule has 1 N–H and O–H groups in total. The van der Waals surface area contributed by atoms with E-state index in [2.05, 4.69) is 5.32 Å². The van der Waals surface area contributed by atoms with E-state index in [1.54, 1.807) is 12.1 Å². The van der Waals surface area contributed by atoms with Crippen molar-refractivity contribution < 1.29 is 13.2 Å². The molecule has 27 heavy (non-hydrogen) atoms. The first kappa shape index (κ1) is 20.1. The Morgan fingerprint density at radius 1 is 1.04 bits per heavy atom. The lowest BCUT2D eigenvalue weighted by molar-refractivity contribution is 0.0954. The van der Waals surface area contributed by atoms with Crippen LogP contribution in [0.25, 0.3) is 0 Å². The Balaban J connectivity index is 1.69. The van der Waals surface area contributed by atoms with E-state index >= 15 is 0 Å². The second kappa shape index (κ2) is 8.61. The minimum atomic E-state index is -3.68. The highest BCUT2D eigenvalue weighted by molar-refractivity contribution is 7.89. The van der Waals surface area contributed by atoms with Gasteiger partial charge in [0, 0.05) is 30.2 Å². The third-order valence-corrected chi connectivity index (χ3v) is 7.12. The molecule has 2 aromatic rings. The van der Waals surface area contributed by atoms with Gasteiger partial charge in [0.1, 0.15) is 4.90 Å². The number of sulfonamides is 1. The third-order valence-electron chi connectivity index (χ3n) is 4.49. The molecule has 1 amide bonds. The van der Waals surface area contributed by atoms with Crippen LogP contribution in [0.15, 0.2) is 47.4 Å². The van der Waals surface area contributed by atoms with Crippen molar-refractivity contribution in [1.29, 1.82) is 0 Å². The fraction of sp³-hybridized carbons (Fsp3) is 0.316. The highest BCUT2D eigenvalue weighted by Gasteiger charge is 2.29. The lowest BCUT2D eigenvalue weighted by Crippen LogP contribution is -2.29. The van der Waals surface area contributed by atoms with E-state index in [9.17, 15) is 13.2 Å². The Bertz CT molecular complexity index is 924. The summed E-state index contributed by atoms with van der Waals surface area (Å²) < 4.78 is 26.9. The summed E-state index contributed by atoms with van der Waals surface area (Å²) in [4.78, 5) is 12.4. The molecule has 5 nitrogen and oxygen atoms in total. The van der Waals surface area contributed by atoms with Crippen molar-refractivity contribution in [3.05, 3.63) is 63.6 Å². The van der Waals surface area contributed by atoms with E-state index in [0.717, 1.165) is 18.4 Å². The molecule has 0 spiro atoms. The van der Waals surface area contributed by atoms with Crippen LogP contribution in [0.3, 0.4) is 0 Å². The number of nitrogens with one attached hydrogen (secondary N) is 1. The molecule has 144 valence electrons. The number of amides is 1. The Morgan fingerprint density at radius 3 is 2.37 bits per heavy atom. The van der Waals surface area contributed by atoms with Gasteiger partial charge in [0.25, 0.3) is 5.91 Å². The van der Waals surface area contributed by atoms with Crippen molar-refractivity contribution >= 4 is 39.1 Å². The number of halogens is 2. The fourth-order valence-electron chi connectivity index (χ4n) is 2.98. The monoisotopic (exact) mass is 426 g/mol. The van der Waals surface area contributed by atoms with Gasteiger partial charge in [-0.2, -0.15) is 4.31 Å². The standard InChI is InChI=1S/C19H20Cl2N2O3S/c20-16-6-3-14(4-7-16)9-10-22-19(24)15-5-8-17(21)18(13-15)27(25,26)23-11-1-2-12-23/h3-8,13H,1-2,9-12H2,(H,22,24). The summed E-state index contributed by atoms with van der Waals surface area (Å²) in [5.41, 5.74) is 1.32. The zero-order valence-electron chi connectivity index (χ0n) is 14.6. The summed E-state index contributed by atoms with van der Waals surface area (Å²) in [6.45, 7) is 1.39. The molecule has 1 saturated heterocycles. The molecule has 0 bridgehead atoms. The molecular weight excluding hydrogens is 407 g/mol. The zero-order chi connectivity index (χ0) is 19.4. The van der Waals surface area contributed by atoms with Gasteiger partial charge in [-0.05, 0) is 55.2 Å². The zero-order valence-corrected chi connectivity index (χ0v) is 16.9. The SMILES string of the molecule is O=C(NCCc1ccc(Cl)cc1)c1ccc(Cl)c(S(=O)(=O)N2CCCC2)c1. The second-order valence-electron chi connectivity index (χ2n) is 6.39. The predicted octanol–water partition coefficient (Wildman–Crippen LogP) is 3.75. The van der Waals surface area contributed by atoms with E-state index in [1.165, 1.54) is 22.5 Å². The Kier molecular flexibility index (Phi) is 6.42. The number of carbonyl (C=O) groups is 1. The topological polar surface area (TPSA) is 66.5 Å². The van der Waals surface area contributed by atoms with Gasteiger partial charge in [-0.25, -0.2) is 8.42 Å². The van der Waals surface area contributed by atoms with Crippen LogP contribution in [0, 0.1) is 0 Å². The van der Waals surface area contributed by atoms with Crippen molar-refractivity contribution in [2.45, 2.75) is 24.2 Å². The fourth-order valence-corrected chi connectivity index (χ4v) is 5.13. The lowest BCUT2D eigenvalue weighted by atomic mass is 10.1. The number of benzene rings is 2. The molecular formula is C19H20Cl2N2O3S.